The van der Waals surface area contributed by atoms with E-state index in [4.69, 9.17) is 5.73 Å². The second-order valence-corrected chi connectivity index (χ2v) is 6.81. The highest BCUT2D eigenvalue weighted by Crippen LogP contribution is 2.21. The SMILES string of the molecule is C[C@@H](C(N)=O)S(=O)(=O)Cc1cccc2ccccc12. The monoisotopic (exact) mass is 277 g/mol. The van der Waals surface area contributed by atoms with E-state index >= 15 is 0 Å². The lowest BCUT2D eigenvalue weighted by molar-refractivity contribution is -0.117. The predicted molar refractivity (Wildman–Crippen MR) is 75.2 cm³/mol. The van der Waals surface area contributed by atoms with Crippen LogP contribution in [0.2, 0.25) is 0 Å². The van der Waals surface area contributed by atoms with E-state index in [1.807, 2.05) is 36.4 Å². The molecular formula is C14H15NO3S. The number of nitrogens with two attached hydrogens (primary N) is 1. The summed E-state index contributed by atoms with van der Waals surface area (Å²) in [5, 5.41) is 0.679. The number of benzene rings is 2. The lowest BCUT2D eigenvalue weighted by Gasteiger charge is -2.11. The highest BCUT2D eigenvalue weighted by molar-refractivity contribution is 7.92. The summed E-state index contributed by atoms with van der Waals surface area (Å²) in [6, 6.07) is 13.0. The molecule has 0 spiro atoms. The molecule has 5 heteroatoms. The van der Waals surface area contributed by atoms with E-state index in [0.717, 1.165) is 10.8 Å². The molecule has 1 amide bonds. The zero-order chi connectivity index (χ0) is 14.0. The van der Waals surface area contributed by atoms with Gasteiger partial charge in [-0.1, -0.05) is 42.5 Å². The maximum absolute atomic E-state index is 12.1. The standard InChI is InChI=1S/C14H15NO3S/c1-10(14(15)16)19(17,18)9-12-7-4-6-11-5-2-3-8-13(11)12/h2-8,10H,9H2,1H3,(H2,15,16)/t10-/m0/s1. The van der Waals surface area contributed by atoms with Gasteiger partial charge in [0.1, 0.15) is 5.25 Å². The molecule has 19 heavy (non-hydrogen) atoms. The van der Waals surface area contributed by atoms with Gasteiger partial charge in [-0.15, -0.1) is 0 Å². The van der Waals surface area contributed by atoms with Crippen LogP contribution in [0, 0.1) is 0 Å². The molecule has 0 radical (unpaired) electrons. The van der Waals surface area contributed by atoms with Crippen molar-refractivity contribution < 1.29 is 13.2 Å². The number of primary amides is 1. The van der Waals surface area contributed by atoms with Gasteiger partial charge in [-0.2, -0.15) is 0 Å². The molecule has 0 bridgehead atoms. The van der Waals surface area contributed by atoms with Crippen LogP contribution >= 0.6 is 0 Å². The van der Waals surface area contributed by atoms with Crippen molar-refractivity contribution in [2.45, 2.75) is 17.9 Å². The number of amides is 1. The molecule has 0 aliphatic carbocycles. The maximum atomic E-state index is 12.1. The molecule has 100 valence electrons. The Labute approximate surface area is 112 Å². The molecule has 2 N–H and O–H groups in total. The van der Waals surface area contributed by atoms with E-state index < -0.39 is 21.0 Å². The van der Waals surface area contributed by atoms with Crippen molar-refractivity contribution in [3.8, 4) is 0 Å². The van der Waals surface area contributed by atoms with Crippen molar-refractivity contribution in [2.24, 2.45) is 5.73 Å². The lowest BCUT2D eigenvalue weighted by atomic mass is 10.1. The van der Waals surface area contributed by atoms with Gasteiger partial charge < -0.3 is 5.73 Å². The molecular weight excluding hydrogens is 262 g/mol. The van der Waals surface area contributed by atoms with Crippen LogP contribution in [0.5, 0.6) is 0 Å². The number of carbonyl (C=O) groups is 1. The quantitative estimate of drug-likeness (QED) is 0.922. The number of hydrogen-bond donors (Lipinski definition) is 1. The Morgan fingerprint density at radius 2 is 1.79 bits per heavy atom. The molecule has 1 atom stereocenters. The molecule has 0 aromatic heterocycles. The Morgan fingerprint density at radius 3 is 2.47 bits per heavy atom. The van der Waals surface area contributed by atoms with Gasteiger partial charge in [0.25, 0.3) is 0 Å². The smallest absolute Gasteiger partial charge is 0.235 e. The van der Waals surface area contributed by atoms with Crippen LogP contribution in [0.4, 0.5) is 0 Å². The highest BCUT2D eigenvalue weighted by Gasteiger charge is 2.26. The summed E-state index contributed by atoms with van der Waals surface area (Å²) in [4.78, 5) is 11.0. The third kappa shape index (κ3) is 2.76. The molecule has 0 unspecified atom stereocenters. The van der Waals surface area contributed by atoms with Crippen molar-refractivity contribution >= 4 is 26.5 Å². The van der Waals surface area contributed by atoms with Crippen LogP contribution in [0.3, 0.4) is 0 Å². The predicted octanol–water partition coefficient (Wildman–Crippen LogP) is 1.63. The van der Waals surface area contributed by atoms with Gasteiger partial charge >= 0.3 is 0 Å². The Bertz CT molecular complexity index is 717. The van der Waals surface area contributed by atoms with Gasteiger partial charge in [-0.05, 0) is 23.3 Å². The van der Waals surface area contributed by atoms with Crippen molar-refractivity contribution in [1.82, 2.24) is 0 Å². The highest BCUT2D eigenvalue weighted by atomic mass is 32.2. The van der Waals surface area contributed by atoms with Crippen LogP contribution in [-0.2, 0) is 20.4 Å². The zero-order valence-corrected chi connectivity index (χ0v) is 11.4. The van der Waals surface area contributed by atoms with Crippen LogP contribution in [0.15, 0.2) is 42.5 Å². The maximum Gasteiger partial charge on any atom is 0.235 e. The van der Waals surface area contributed by atoms with Crippen molar-refractivity contribution in [3.63, 3.8) is 0 Å². The summed E-state index contributed by atoms with van der Waals surface area (Å²) >= 11 is 0. The fourth-order valence-electron chi connectivity index (χ4n) is 1.94. The third-order valence-electron chi connectivity index (χ3n) is 3.18. The van der Waals surface area contributed by atoms with E-state index in [1.54, 1.807) is 6.07 Å². The van der Waals surface area contributed by atoms with Gasteiger partial charge in [0, 0.05) is 0 Å². The van der Waals surface area contributed by atoms with Gasteiger partial charge in [-0.3, -0.25) is 4.79 Å². The molecule has 2 aromatic rings. The van der Waals surface area contributed by atoms with E-state index in [9.17, 15) is 13.2 Å². The Balaban J connectivity index is 2.45. The fourth-order valence-corrected chi connectivity index (χ4v) is 3.23. The van der Waals surface area contributed by atoms with E-state index in [-0.39, 0.29) is 5.75 Å². The minimum Gasteiger partial charge on any atom is -0.369 e. The van der Waals surface area contributed by atoms with Gasteiger partial charge in [0.05, 0.1) is 5.75 Å². The average molecular weight is 277 g/mol. The summed E-state index contributed by atoms with van der Waals surface area (Å²) in [5.74, 6) is -1.00. The molecule has 4 nitrogen and oxygen atoms in total. The first kappa shape index (κ1) is 13.5. The second-order valence-electron chi connectivity index (χ2n) is 4.49. The Kier molecular flexibility index (Phi) is 3.57. The summed E-state index contributed by atoms with van der Waals surface area (Å²) in [6.45, 7) is 1.32. The first-order valence-corrected chi connectivity index (χ1v) is 7.61. The Hall–Kier alpha value is -1.88. The van der Waals surface area contributed by atoms with Gasteiger partial charge in [0.15, 0.2) is 9.84 Å². The van der Waals surface area contributed by atoms with E-state index in [0.29, 0.717) is 5.56 Å². The molecule has 0 aliphatic rings. The molecule has 0 fully saturated rings. The number of rotatable bonds is 4. The Morgan fingerprint density at radius 1 is 1.16 bits per heavy atom. The molecule has 0 saturated carbocycles. The third-order valence-corrected chi connectivity index (χ3v) is 5.20. The van der Waals surface area contributed by atoms with Crippen LogP contribution in [0.25, 0.3) is 10.8 Å². The molecule has 2 aromatic carbocycles. The second kappa shape index (κ2) is 5.01. The lowest BCUT2D eigenvalue weighted by Crippen LogP contribution is -2.34. The molecule has 0 aliphatic heterocycles. The van der Waals surface area contributed by atoms with Crippen LogP contribution in [-0.4, -0.2) is 19.6 Å². The topological polar surface area (TPSA) is 77.2 Å². The molecule has 0 saturated heterocycles. The van der Waals surface area contributed by atoms with Crippen molar-refractivity contribution in [3.05, 3.63) is 48.0 Å². The summed E-state index contributed by atoms with van der Waals surface area (Å²) in [7, 11) is -3.58. The van der Waals surface area contributed by atoms with Gasteiger partial charge in [0.2, 0.25) is 5.91 Å². The summed E-state index contributed by atoms with van der Waals surface area (Å²) in [6.07, 6.45) is 0. The number of sulfone groups is 1. The first-order chi connectivity index (χ1) is 8.92. The zero-order valence-electron chi connectivity index (χ0n) is 10.5. The van der Waals surface area contributed by atoms with Crippen molar-refractivity contribution in [2.75, 3.05) is 0 Å². The summed E-state index contributed by atoms with van der Waals surface area (Å²) in [5.41, 5.74) is 5.76. The largest absolute Gasteiger partial charge is 0.369 e. The average Bonchev–Trinajstić information content (AvgIpc) is 2.38. The van der Waals surface area contributed by atoms with E-state index in [2.05, 4.69) is 0 Å². The normalized spacial score (nSPS) is 13.3. The van der Waals surface area contributed by atoms with E-state index in [1.165, 1.54) is 6.92 Å². The van der Waals surface area contributed by atoms with Crippen molar-refractivity contribution in [1.29, 1.82) is 0 Å². The van der Waals surface area contributed by atoms with Crippen LogP contribution < -0.4 is 5.73 Å². The minimum atomic E-state index is -3.58. The van der Waals surface area contributed by atoms with Crippen LogP contribution in [0.1, 0.15) is 12.5 Å². The molecule has 2 rings (SSSR count). The summed E-state index contributed by atoms with van der Waals surface area (Å²) < 4.78 is 24.2. The fraction of sp³-hybridized carbons (Fsp3) is 0.214. The first-order valence-electron chi connectivity index (χ1n) is 5.89. The van der Waals surface area contributed by atoms with Gasteiger partial charge in [-0.25, -0.2) is 8.42 Å². The number of hydrogen-bond acceptors (Lipinski definition) is 3. The number of carbonyl (C=O) groups excluding carboxylic acids is 1. The molecule has 0 heterocycles. The minimum absolute atomic E-state index is 0.182. The number of fused-ring (bicyclic) bond motifs is 1.